The van der Waals surface area contributed by atoms with Gasteiger partial charge in [-0.2, -0.15) is 0 Å². The summed E-state index contributed by atoms with van der Waals surface area (Å²) in [6.07, 6.45) is 1.82. The first-order valence-corrected chi connectivity index (χ1v) is 6.91. The van der Waals surface area contributed by atoms with E-state index in [0.717, 1.165) is 18.8 Å². The SMILES string of the molecule is C=CCN1CCN(c2ccc(Cl)c(Cl)c2)C(=O)C1C. The van der Waals surface area contributed by atoms with E-state index < -0.39 is 0 Å². The van der Waals surface area contributed by atoms with Crippen molar-refractivity contribution in [3.05, 3.63) is 40.9 Å². The number of nitrogens with zero attached hydrogens (tertiary/aromatic N) is 2. The van der Waals surface area contributed by atoms with E-state index in [9.17, 15) is 4.79 Å². The third-order valence-electron chi connectivity index (χ3n) is 3.36. The minimum Gasteiger partial charge on any atom is -0.310 e. The Morgan fingerprint density at radius 3 is 2.74 bits per heavy atom. The summed E-state index contributed by atoms with van der Waals surface area (Å²) in [6, 6.07) is 5.12. The molecule has 1 saturated heterocycles. The standard InChI is InChI=1S/C14H16Cl2N2O/c1-3-6-17-7-8-18(14(19)10(17)2)11-4-5-12(15)13(16)9-11/h3-5,9-10H,1,6-8H2,2H3. The van der Waals surface area contributed by atoms with Gasteiger partial charge in [0.05, 0.1) is 16.1 Å². The lowest BCUT2D eigenvalue weighted by Gasteiger charge is -2.38. The molecule has 0 radical (unpaired) electrons. The van der Waals surface area contributed by atoms with Crippen molar-refractivity contribution >= 4 is 34.8 Å². The van der Waals surface area contributed by atoms with Crippen LogP contribution in [0.25, 0.3) is 0 Å². The van der Waals surface area contributed by atoms with Gasteiger partial charge in [-0.1, -0.05) is 29.3 Å². The molecule has 1 aromatic rings. The van der Waals surface area contributed by atoms with E-state index in [1.165, 1.54) is 0 Å². The van der Waals surface area contributed by atoms with Crippen LogP contribution in [0.15, 0.2) is 30.9 Å². The zero-order valence-electron chi connectivity index (χ0n) is 10.8. The monoisotopic (exact) mass is 298 g/mol. The second kappa shape index (κ2) is 5.95. The molecule has 1 unspecified atom stereocenters. The minimum absolute atomic E-state index is 0.0755. The van der Waals surface area contributed by atoms with Crippen LogP contribution in [0.4, 0.5) is 5.69 Å². The van der Waals surface area contributed by atoms with Gasteiger partial charge in [0.1, 0.15) is 0 Å². The van der Waals surface area contributed by atoms with Gasteiger partial charge in [-0.05, 0) is 25.1 Å². The summed E-state index contributed by atoms with van der Waals surface area (Å²) in [5.41, 5.74) is 0.796. The van der Waals surface area contributed by atoms with Crippen LogP contribution in [0, 0.1) is 0 Å². The molecule has 2 rings (SSSR count). The Bertz CT molecular complexity index is 504. The zero-order chi connectivity index (χ0) is 14.0. The van der Waals surface area contributed by atoms with Crippen molar-refractivity contribution in [2.75, 3.05) is 24.5 Å². The van der Waals surface area contributed by atoms with Crippen molar-refractivity contribution in [1.29, 1.82) is 0 Å². The highest BCUT2D eigenvalue weighted by Crippen LogP contribution is 2.28. The number of piperazine rings is 1. The lowest BCUT2D eigenvalue weighted by Crippen LogP contribution is -2.55. The van der Waals surface area contributed by atoms with Gasteiger partial charge < -0.3 is 4.90 Å². The second-order valence-corrected chi connectivity index (χ2v) is 5.36. The number of anilines is 1. The van der Waals surface area contributed by atoms with E-state index in [1.54, 1.807) is 17.0 Å². The molecule has 0 N–H and O–H groups in total. The van der Waals surface area contributed by atoms with Crippen LogP contribution in [0.5, 0.6) is 0 Å². The Balaban J connectivity index is 2.20. The van der Waals surface area contributed by atoms with Crippen molar-refractivity contribution in [2.45, 2.75) is 13.0 Å². The number of hydrogen-bond acceptors (Lipinski definition) is 2. The predicted molar refractivity (Wildman–Crippen MR) is 80.0 cm³/mol. The Morgan fingerprint density at radius 1 is 1.37 bits per heavy atom. The van der Waals surface area contributed by atoms with E-state index in [4.69, 9.17) is 23.2 Å². The van der Waals surface area contributed by atoms with Crippen molar-refractivity contribution < 1.29 is 4.79 Å². The third kappa shape index (κ3) is 2.94. The maximum Gasteiger partial charge on any atom is 0.244 e. The van der Waals surface area contributed by atoms with Gasteiger partial charge in [0, 0.05) is 25.3 Å². The average Bonchev–Trinajstić information content (AvgIpc) is 2.39. The highest BCUT2D eigenvalue weighted by Gasteiger charge is 2.31. The zero-order valence-corrected chi connectivity index (χ0v) is 12.3. The van der Waals surface area contributed by atoms with Crippen LogP contribution in [0.1, 0.15) is 6.92 Å². The fourth-order valence-electron chi connectivity index (χ4n) is 2.24. The van der Waals surface area contributed by atoms with Crippen LogP contribution in [-0.4, -0.2) is 36.5 Å². The van der Waals surface area contributed by atoms with Crippen molar-refractivity contribution in [2.24, 2.45) is 0 Å². The maximum atomic E-state index is 12.4. The van der Waals surface area contributed by atoms with Crippen LogP contribution in [0.2, 0.25) is 10.0 Å². The highest BCUT2D eigenvalue weighted by atomic mass is 35.5. The molecular weight excluding hydrogens is 283 g/mol. The third-order valence-corrected chi connectivity index (χ3v) is 4.10. The molecule has 0 aliphatic carbocycles. The molecule has 0 aromatic heterocycles. The number of amides is 1. The molecule has 1 heterocycles. The molecule has 1 aromatic carbocycles. The quantitative estimate of drug-likeness (QED) is 0.800. The van der Waals surface area contributed by atoms with Crippen LogP contribution in [-0.2, 0) is 4.79 Å². The molecule has 0 bridgehead atoms. The van der Waals surface area contributed by atoms with E-state index in [1.807, 2.05) is 19.1 Å². The number of hydrogen-bond donors (Lipinski definition) is 0. The summed E-state index contributed by atoms with van der Waals surface area (Å²) in [7, 11) is 0. The Kier molecular flexibility index (Phi) is 4.50. The normalized spacial score (nSPS) is 20.7. The molecule has 1 aliphatic rings. The molecule has 102 valence electrons. The molecule has 1 atom stereocenters. The van der Waals surface area contributed by atoms with Gasteiger partial charge in [0.15, 0.2) is 0 Å². The summed E-state index contributed by atoms with van der Waals surface area (Å²) in [6.45, 7) is 7.82. The van der Waals surface area contributed by atoms with Crippen LogP contribution in [0.3, 0.4) is 0 Å². The van der Waals surface area contributed by atoms with Crippen LogP contribution < -0.4 is 4.90 Å². The van der Waals surface area contributed by atoms with Crippen molar-refractivity contribution in [3.8, 4) is 0 Å². The van der Waals surface area contributed by atoms with E-state index in [2.05, 4.69) is 11.5 Å². The maximum absolute atomic E-state index is 12.4. The first kappa shape index (κ1) is 14.4. The van der Waals surface area contributed by atoms with E-state index >= 15 is 0 Å². The minimum atomic E-state index is -0.152. The van der Waals surface area contributed by atoms with Crippen LogP contribution >= 0.6 is 23.2 Å². The summed E-state index contributed by atoms with van der Waals surface area (Å²) < 4.78 is 0. The van der Waals surface area contributed by atoms with E-state index in [0.29, 0.717) is 16.6 Å². The van der Waals surface area contributed by atoms with E-state index in [-0.39, 0.29) is 11.9 Å². The molecule has 19 heavy (non-hydrogen) atoms. The Hall–Kier alpha value is -1.03. The lowest BCUT2D eigenvalue weighted by molar-refractivity contribution is -0.124. The predicted octanol–water partition coefficient (Wildman–Crippen LogP) is 3.22. The number of rotatable bonds is 3. The smallest absolute Gasteiger partial charge is 0.244 e. The number of carbonyl (C=O) groups excluding carboxylic acids is 1. The summed E-state index contributed by atoms with van der Waals surface area (Å²) in [4.78, 5) is 16.2. The fourth-order valence-corrected chi connectivity index (χ4v) is 2.53. The first-order chi connectivity index (χ1) is 9.04. The fraction of sp³-hybridized carbons (Fsp3) is 0.357. The first-order valence-electron chi connectivity index (χ1n) is 6.16. The van der Waals surface area contributed by atoms with Gasteiger partial charge in [-0.15, -0.1) is 6.58 Å². The molecule has 5 heteroatoms. The summed E-state index contributed by atoms with van der Waals surface area (Å²) in [5.74, 6) is 0.0755. The molecule has 0 spiro atoms. The lowest BCUT2D eigenvalue weighted by atomic mass is 10.1. The van der Waals surface area contributed by atoms with Gasteiger partial charge in [-0.25, -0.2) is 0 Å². The average molecular weight is 299 g/mol. The Labute approximate surface area is 123 Å². The van der Waals surface area contributed by atoms with Gasteiger partial charge >= 0.3 is 0 Å². The number of carbonyl (C=O) groups is 1. The van der Waals surface area contributed by atoms with Crippen molar-refractivity contribution in [1.82, 2.24) is 4.90 Å². The number of benzene rings is 1. The summed E-state index contributed by atoms with van der Waals surface area (Å²) in [5, 5.41) is 0.962. The largest absolute Gasteiger partial charge is 0.310 e. The molecule has 1 amide bonds. The molecule has 1 fully saturated rings. The van der Waals surface area contributed by atoms with Gasteiger partial charge in [-0.3, -0.25) is 9.69 Å². The summed E-state index contributed by atoms with van der Waals surface area (Å²) >= 11 is 11.9. The highest BCUT2D eigenvalue weighted by molar-refractivity contribution is 6.42. The molecule has 1 aliphatic heterocycles. The van der Waals surface area contributed by atoms with Crippen molar-refractivity contribution in [3.63, 3.8) is 0 Å². The molecular formula is C14H16Cl2N2O. The molecule has 0 saturated carbocycles. The van der Waals surface area contributed by atoms with Gasteiger partial charge in [0.25, 0.3) is 0 Å². The second-order valence-electron chi connectivity index (χ2n) is 4.55. The number of halogens is 2. The topological polar surface area (TPSA) is 23.6 Å². The Morgan fingerprint density at radius 2 is 2.11 bits per heavy atom. The molecule has 3 nitrogen and oxygen atoms in total. The van der Waals surface area contributed by atoms with Gasteiger partial charge in [0.2, 0.25) is 5.91 Å².